The highest BCUT2D eigenvalue weighted by Gasteiger charge is 1.95. The third kappa shape index (κ3) is 3.33. The summed E-state index contributed by atoms with van der Waals surface area (Å²) >= 11 is 1.41. The van der Waals surface area contributed by atoms with Gasteiger partial charge < -0.3 is 0 Å². The lowest BCUT2D eigenvalue weighted by atomic mass is 10.4. The normalized spacial score (nSPS) is 9.45. The molecule has 62 valence electrons. The summed E-state index contributed by atoms with van der Waals surface area (Å²) in [6.45, 7) is 5.87. The van der Waals surface area contributed by atoms with Crippen LogP contribution in [0.1, 0.15) is 25.6 Å². The molecule has 0 fully saturated rings. The Morgan fingerprint density at radius 1 is 1.45 bits per heavy atom. The molecule has 11 heavy (non-hydrogen) atoms. The molecule has 0 spiro atoms. The van der Waals surface area contributed by atoms with E-state index in [1.54, 1.807) is 11.5 Å². The second-order valence-corrected chi connectivity index (χ2v) is 2.58. The van der Waals surface area contributed by atoms with Crippen LogP contribution in [0.25, 0.3) is 6.08 Å². The second-order valence-electron chi connectivity index (χ2n) is 1.63. The molecule has 0 nitrogen and oxygen atoms in total. The molecule has 1 aromatic rings. The summed E-state index contributed by atoms with van der Waals surface area (Å²) in [6, 6.07) is 1.47. The molecule has 0 aliphatic heterocycles. The molecular formula is C9H13FS. The molecule has 1 heterocycles. The quantitative estimate of drug-likeness (QED) is 0.601. The zero-order chi connectivity index (χ0) is 8.69. The largest absolute Gasteiger partial charge is 0.205 e. The summed E-state index contributed by atoms with van der Waals surface area (Å²) in [6.07, 6.45) is 3.59. The van der Waals surface area contributed by atoms with Gasteiger partial charge in [-0.1, -0.05) is 19.9 Å². The van der Waals surface area contributed by atoms with E-state index >= 15 is 0 Å². The fraction of sp³-hybridized carbons (Fsp3) is 0.333. The van der Waals surface area contributed by atoms with E-state index in [1.807, 2.05) is 26.8 Å². The van der Waals surface area contributed by atoms with E-state index in [9.17, 15) is 4.39 Å². The maximum atomic E-state index is 12.5. The number of thiophene rings is 1. The van der Waals surface area contributed by atoms with Crippen LogP contribution < -0.4 is 0 Å². The van der Waals surface area contributed by atoms with Crippen LogP contribution in [0.5, 0.6) is 0 Å². The highest BCUT2D eigenvalue weighted by molar-refractivity contribution is 7.10. The molecule has 0 aromatic carbocycles. The Morgan fingerprint density at radius 3 is 2.45 bits per heavy atom. The maximum Gasteiger partial charge on any atom is 0.141 e. The minimum Gasteiger partial charge on any atom is -0.205 e. The maximum absolute atomic E-state index is 12.5. The topological polar surface area (TPSA) is 0 Å². The van der Waals surface area contributed by atoms with Gasteiger partial charge in [0.15, 0.2) is 0 Å². The van der Waals surface area contributed by atoms with Crippen LogP contribution in [0.15, 0.2) is 17.5 Å². The molecule has 0 aliphatic carbocycles. The van der Waals surface area contributed by atoms with Gasteiger partial charge in [0.25, 0.3) is 0 Å². The van der Waals surface area contributed by atoms with Crippen molar-refractivity contribution < 1.29 is 4.39 Å². The first kappa shape index (κ1) is 10.4. The average molecular weight is 172 g/mol. The molecule has 0 saturated heterocycles. The number of rotatable bonds is 1. The van der Waals surface area contributed by atoms with Gasteiger partial charge in [0.05, 0.1) is 4.88 Å². The molecule has 0 N–H and O–H groups in total. The summed E-state index contributed by atoms with van der Waals surface area (Å²) in [5, 5.41) is 1.74. The molecule has 0 amide bonds. The summed E-state index contributed by atoms with van der Waals surface area (Å²) in [5.41, 5.74) is 0. The van der Waals surface area contributed by atoms with Crippen molar-refractivity contribution in [3.05, 3.63) is 28.2 Å². The van der Waals surface area contributed by atoms with Gasteiger partial charge in [0.1, 0.15) is 5.82 Å². The predicted octanol–water partition coefficient (Wildman–Crippen LogP) is 3.95. The van der Waals surface area contributed by atoms with Crippen molar-refractivity contribution >= 4 is 17.4 Å². The second kappa shape index (κ2) is 6.10. The summed E-state index contributed by atoms with van der Waals surface area (Å²) in [4.78, 5) is 0.706. The Labute approximate surface area is 71.4 Å². The van der Waals surface area contributed by atoms with Crippen molar-refractivity contribution in [2.45, 2.75) is 20.8 Å². The first-order valence-electron chi connectivity index (χ1n) is 3.70. The van der Waals surface area contributed by atoms with Crippen molar-refractivity contribution in [3.63, 3.8) is 0 Å². The van der Waals surface area contributed by atoms with E-state index in [2.05, 4.69) is 0 Å². The third-order valence-electron chi connectivity index (χ3n) is 0.963. The van der Waals surface area contributed by atoms with Gasteiger partial charge in [-0.15, -0.1) is 11.3 Å². The number of allylic oxidation sites excluding steroid dienone is 1. The molecule has 0 bridgehead atoms. The van der Waals surface area contributed by atoms with Crippen molar-refractivity contribution in [2.75, 3.05) is 0 Å². The van der Waals surface area contributed by atoms with Crippen LogP contribution in [0.2, 0.25) is 0 Å². The minimum absolute atomic E-state index is 0.127. The van der Waals surface area contributed by atoms with Gasteiger partial charge >= 0.3 is 0 Å². The number of hydrogen-bond donors (Lipinski definition) is 0. The lowest BCUT2D eigenvalue weighted by molar-refractivity contribution is 0.631. The Bertz CT molecular complexity index is 213. The lowest BCUT2D eigenvalue weighted by Crippen LogP contribution is -1.65. The Morgan fingerprint density at radius 2 is 2.09 bits per heavy atom. The SMILES string of the molecule is C/C=C/c1sccc1F.CC. The highest BCUT2D eigenvalue weighted by Crippen LogP contribution is 2.15. The zero-order valence-corrected chi connectivity index (χ0v) is 7.91. The molecule has 0 radical (unpaired) electrons. The first-order valence-corrected chi connectivity index (χ1v) is 4.58. The molecule has 0 saturated carbocycles. The van der Waals surface area contributed by atoms with Crippen LogP contribution in [-0.4, -0.2) is 0 Å². The van der Waals surface area contributed by atoms with E-state index in [4.69, 9.17) is 0 Å². The Hall–Kier alpha value is -0.630. The van der Waals surface area contributed by atoms with E-state index in [-0.39, 0.29) is 5.82 Å². The molecular weight excluding hydrogens is 159 g/mol. The molecule has 0 unspecified atom stereocenters. The Kier molecular flexibility index (Phi) is 5.75. The van der Waals surface area contributed by atoms with E-state index in [0.717, 1.165) is 0 Å². The third-order valence-corrected chi connectivity index (χ3v) is 1.82. The van der Waals surface area contributed by atoms with Crippen molar-refractivity contribution in [3.8, 4) is 0 Å². The van der Waals surface area contributed by atoms with Crippen LogP contribution in [-0.2, 0) is 0 Å². The van der Waals surface area contributed by atoms with Gasteiger partial charge in [-0.05, 0) is 24.4 Å². The van der Waals surface area contributed by atoms with Gasteiger partial charge in [-0.2, -0.15) is 0 Å². The molecule has 0 atom stereocenters. The number of halogens is 1. The van der Waals surface area contributed by atoms with Crippen LogP contribution in [0.3, 0.4) is 0 Å². The van der Waals surface area contributed by atoms with Crippen molar-refractivity contribution in [2.24, 2.45) is 0 Å². The van der Waals surface area contributed by atoms with Crippen LogP contribution in [0.4, 0.5) is 4.39 Å². The molecule has 0 aliphatic rings. The van der Waals surface area contributed by atoms with Crippen molar-refractivity contribution in [1.29, 1.82) is 0 Å². The zero-order valence-electron chi connectivity index (χ0n) is 7.10. The molecule has 1 rings (SSSR count). The van der Waals surface area contributed by atoms with E-state index < -0.39 is 0 Å². The van der Waals surface area contributed by atoms with E-state index in [1.165, 1.54) is 17.4 Å². The van der Waals surface area contributed by atoms with Gasteiger partial charge in [0, 0.05) is 0 Å². The minimum atomic E-state index is -0.127. The molecule has 1 aromatic heterocycles. The fourth-order valence-electron chi connectivity index (χ4n) is 0.576. The van der Waals surface area contributed by atoms with Gasteiger partial charge in [-0.25, -0.2) is 4.39 Å². The monoisotopic (exact) mass is 172 g/mol. The van der Waals surface area contributed by atoms with Gasteiger partial charge in [0.2, 0.25) is 0 Å². The summed E-state index contributed by atoms with van der Waals surface area (Å²) < 4.78 is 12.5. The van der Waals surface area contributed by atoms with Crippen molar-refractivity contribution in [1.82, 2.24) is 0 Å². The Balaban J connectivity index is 0.000000461. The average Bonchev–Trinajstić information content (AvgIpc) is 2.42. The van der Waals surface area contributed by atoms with Crippen LogP contribution >= 0.6 is 11.3 Å². The highest BCUT2D eigenvalue weighted by atomic mass is 32.1. The fourth-order valence-corrected chi connectivity index (χ4v) is 1.31. The first-order chi connectivity index (χ1) is 5.34. The summed E-state index contributed by atoms with van der Waals surface area (Å²) in [7, 11) is 0. The van der Waals surface area contributed by atoms with Crippen LogP contribution in [0, 0.1) is 5.82 Å². The lowest BCUT2D eigenvalue weighted by Gasteiger charge is -1.80. The van der Waals surface area contributed by atoms with Gasteiger partial charge in [-0.3, -0.25) is 0 Å². The van der Waals surface area contributed by atoms with E-state index in [0.29, 0.717) is 4.88 Å². The number of hydrogen-bond acceptors (Lipinski definition) is 1. The summed E-state index contributed by atoms with van der Waals surface area (Å²) in [5.74, 6) is -0.127. The standard InChI is InChI=1S/C7H7FS.C2H6/c1-2-3-7-6(8)4-5-9-7;1-2/h2-5H,1H3;1-2H3/b3-2+;. The predicted molar refractivity (Wildman–Crippen MR) is 50.3 cm³/mol. The smallest absolute Gasteiger partial charge is 0.141 e. The molecule has 2 heteroatoms.